The van der Waals surface area contributed by atoms with Crippen molar-refractivity contribution in [1.29, 1.82) is 0 Å². The van der Waals surface area contributed by atoms with E-state index < -0.39 is 89.5 Å². The van der Waals surface area contributed by atoms with Crippen molar-refractivity contribution in [2.75, 3.05) is 27.9 Å². The molecular formula is C52H74N2O12. The van der Waals surface area contributed by atoms with Gasteiger partial charge in [-0.05, 0) is 125 Å². The number of H-pyrrole nitrogens is 1. The van der Waals surface area contributed by atoms with Crippen molar-refractivity contribution in [3.63, 3.8) is 0 Å². The van der Waals surface area contributed by atoms with Crippen molar-refractivity contribution in [2.24, 2.45) is 29.6 Å². The highest BCUT2D eigenvalue weighted by molar-refractivity contribution is 6.39. The number of fused-ring (bicyclic) bond motifs is 4. The molecule has 0 spiro atoms. The fraction of sp³-hybridized carbons (Fsp3) is 0.654. The number of allylic oxidation sites excluding steroid dienone is 4. The molecule has 2 saturated heterocycles. The molecule has 3 aliphatic heterocycles. The van der Waals surface area contributed by atoms with E-state index in [1.807, 2.05) is 63.4 Å². The number of amides is 1. The number of ether oxygens (including phenoxy) is 5. The van der Waals surface area contributed by atoms with Crippen LogP contribution in [0.5, 0.6) is 0 Å². The number of nitrogens with one attached hydrogen (secondary N) is 1. The quantitative estimate of drug-likeness (QED) is 0.125. The number of benzene rings is 1. The van der Waals surface area contributed by atoms with Gasteiger partial charge in [-0.2, -0.15) is 0 Å². The fourth-order valence-corrected chi connectivity index (χ4v) is 11.1. The normalized spacial score (nSPS) is 38.2. The number of rotatable bonds is 8. The summed E-state index contributed by atoms with van der Waals surface area (Å²) in [4.78, 5) is 61.8. The number of carbonyl (C=O) groups excluding carboxylic acids is 4. The highest BCUT2D eigenvalue weighted by Crippen LogP contribution is 2.44. The third-order valence-electron chi connectivity index (χ3n) is 15.1. The minimum Gasteiger partial charge on any atom is -0.456 e. The molecule has 4 aliphatic rings. The summed E-state index contributed by atoms with van der Waals surface area (Å²) in [6.45, 7) is 13.2. The Balaban J connectivity index is 1.35. The zero-order valence-corrected chi connectivity index (χ0v) is 40.2. The third-order valence-corrected chi connectivity index (χ3v) is 15.1. The molecule has 1 aromatic heterocycles. The van der Waals surface area contributed by atoms with Gasteiger partial charge in [0.15, 0.2) is 0 Å². The van der Waals surface area contributed by atoms with E-state index in [1.54, 1.807) is 27.0 Å². The lowest BCUT2D eigenvalue weighted by atomic mass is 9.72. The van der Waals surface area contributed by atoms with Crippen LogP contribution in [0.4, 0.5) is 0 Å². The Morgan fingerprint density at radius 1 is 0.970 bits per heavy atom. The second kappa shape index (κ2) is 21.9. The first-order valence-corrected chi connectivity index (χ1v) is 23.9. The molecule has 0 radical (unpaired) electrons. The van der Waals surface area contributed by atoms with E-state index >= 15 is 0 Å². The highest BCUT2D eigenvalue weighted by Gasteiger charge is 2.57. The highest BCUT2D eigenvalue weighted by atomic mass is 16.7. The summed E-state index contributed by atoms with van der Waals surface area (Å²) in [6.07, 6.45) is 6.62. The Hall–Kier alpha value is -4.02. The number of nitrogens with zero attached hydrogens (tertiary/aromatic N) is 1. The molecule has 4 heterocycles. The number of esters is 1. The summed E-state index contributed by atoms with van der Waals surface area (Å²) >= 11 is 0. The first kappa shape index (κ1) is 51.4. The maximum absolute atomic E-state index is 14.6. The molecule has 364 valence electrons. The smallest absolute Gasteiger partial charge is 0.329 e. The van der Waals surface area contributed by atoms with Crippen LogP contribution >= 0.6 is 0 Å². The van der Waals surface area contributed by atoms with E-state index in [4.69, 9.17) is 23.7 Å². The van der Waals surface area contributed by atoms with Gasteiger partial charge in [0.2, 0.25) is 5.79 Å². The number of cyclic esters (lactones) is 1. The summed E-state index contributed by atoms with van der Waals surface area (Å²) in [5.41, 5.74) is 2.05. The first-order chi connectivity index (χ1) is 31.4. The Morgan fingerprint density at radius 3 is 2.39 bits per heavy atom. The summed E-state index contributed by atoms with van der Waals surface area (Å²) in [7, 11) is 4.64. The van der Waals surface area contributed by atoms with Gasteiger partial charge in [0.05, 0.1) is 24.4 Å². The lowest BCUT2D eigenvalue weighted by molar-refractivity contribution is -0.302. The van der Waals surface area contributed by atoms with Gasteiger partial charge in [0.25, 0.3) is 11.7 Å². The molecule has 1 aliphatic carbocycles. The molecule has 14 atom stereocenters. The number of aromatic amines is 1. The van der Waals surface area contributed by atoms with E-state index in [9.17, 15) is 34.5 Å². The first-order valence-electron chi connectivity index (χ1n) is 23.9. The number of methoxy groups -OCH3 is 3. The Bertz CT molecular complexity index is 2110. The number of aromatic nitrogens is 1. The van der Waals surface area contributed by atoms with Crippen molar-refractivity contribution < 1.29 is 58.2 Å². The number of aliphatic hydroxyl groups is 3. The predicted molar refractivity (Wildman–Crippen MR) is 249 cm³/mol. The molecule has 3 fully saturated rings. The molecule has 2 aromatic rings. The molecule has 1 saturated carbocycles. The SMILES string of the molecule is C=CCC1/C=C(\C)CC(C)CC(OC)C2OC(O)(C(=O)C(=O)N3CCCCC3C(=O)OC(C(C)=CC3CCC(O)(c4ccc5[nH]ccc5c4)C(OC)C3)C(C)C(O)CC1=O)C(C)CC2OC. The number of ketones is 2. The standard InChI is InChI=1S/C52H74N2O12/c1-10-13-37-23-30(2)22-31(3)24-43(62-7)47-44(63-8)26-33(5)52(61,66-47)48(57)49(58)54-21-12-11-14-40(54)50(59)65-46(34(6)41(55)29-42(37)56)32(4)25-35-17-19-51(60,45(27-35)64-9)38-15-16-39-36(28-38)18-20-53-39/h10,15-16,18,20,23,25,28,31,33-35,37,40-41,43-47,53,55,60-61H,1,11-14,17,19,21-22,24,26-27,29H2,2-9H3/b30-23+,32-25?. The second-order valence-corrected chi connectivity index (χ2v) is 19.8. The van der Waals surface area contributed by atoms with Gasteiger partial charge in [-0.15, -0.1) is 6.58 Å². The average Bonchev–Trinajstić information content (AvgIpc) is 3.78. The van der Waals surface area contributed by atoms with Crippen molar-refractivity contribution in [2.45, 2.75) is 159 Å². The maximum Gasteiger partial charge on any atom is 0.329 e. The Kier molecular flexibility index (Phi) is 17.1. The molecule has 14 unspecified atom stereocenters. The van der Waals surface area contributed by atoms with Crippen LogP contribution in [0.15, 0.2) is 66.4 Å². The van der Waals surface area contributed by atoms with Crippen LogP contribution in [0.2, 0.25) is 0 Å². The number of carbonyl (C=O) groups is 4. The minimum absolute atomic E-state index is 0.00449. The van der Waals surface area contributed by atoms with Gasteiger partial charge >= 0.3 is 5.97 Å². The van der Waals surface area contributed by atoms with Crippen LogP contribution < -0.4 is 0 Å². The van der Waals surface area contributed by atoms with Crippen molar-refractivity contribution in [3.8, 4) is 0 Å². The molecule has 2 bridgehead atoms. The Labute approximate surface area is 390 Å². The predicted octanol–water partition coefficient (Wildman–Crippen LogP) is 6.65. The maximum atomic E-state index is 14.6. The van der Waals surface area contributed by atoms with Gasteiger partial charge in [-0.25, -0.2) is 4.79 Å². The number of hydrogen-bond acceptors (Lipinski definition) is 12. The van der Waals surface area contributed by atoms with Crippen molar-refractivity contribution >= 4 is 34.3 Å². The van der Waals surface area contributed by atoms with E-state index in [0.29, 0.717) is 56.9 Å². The van der Waals surface area contributed by atoms with E-state index in [2.05, 4.69) is 11.6 Å². The summed E-state index contributed by atoms with van der Waals surface area (Å²) in [5, 5.41) is 37.2. The van der Waals surface area contributed by atoms with E-state index in [0.717, 1.165) is 22.0 Å². The largest absolute Gasteiger partial charge is 0.456 e. The molecule has 1 aromatic carbocycles. The molecule has 14 nitrogen and oxygen atoms in total. The monoisotopic (exact) mass is 919 g/mol. The zero-order chi connectivity index (χ0) is 48.1. The minimum atomic E-state index is -2.53. The van der Waals surface area contributed by atoms with Crippen LogP contribution in [0.3, 0.4) is 0 Å². The van der Waals surface area contributed by atoms with Crippen molar-refractivity contribution in [1.82, 2.24) is 9.88 Å². The molecule has 14 heteroatoms. The van der Waals surface area contributed by atoms with Crippen LogP contribution in [0.1, 0.15) is 111 Å². The lowest BCUT2D eigenvalue weighted by Crippen LogP contribution is -2.64. The number of piperidine rings is 1. The molecule has 4 N–H and O–H groups in total. The molecule has 66 heavy (non-hydrogen) atoms. The van der Waals surface area contributed by atoms with Gasteiger partial charge in [0, 0.05) is 63.8 Å². The third kappa shape index (κ3) is 11.0. The summed E-state index contributed by atoms with van der Waals surface area (Å²) in [6, 6.07) is 6.63. The number of hydrogen-bond donors (Lipinski definition) is 4. The molecular weight excluding hydrogens is 845 g/mol. The topological polar surface area (TPSA) is 194 Å². The van der Waals surface area contributed by atoms with Gasteiger partial charge < -0.3 is 48.9 Å². The molecule has 1 amide bonds. The van der Waals surface area contributed by atoms with Crippen LogP contribution in [-0.2, 0) is 48.5 Å². The van der Waals surface area contributed by atoms with E-state index in [-0.39, 0.29) is 43.4 Å². The summed E-state index contributed by atoms with van der Waals surface area (Å²) < 4.78 is 30.4. The fourth-order valence-electron chi connectivity index (χ4n) is 11.1. The van der Waals surface area contributed by atoms with Gasteiger partial charge in [-0.1, -0.05) is 50.6 Å². The van der Waals surface area contributed by atoms with Gasteiger partial charge in [-0.3, -0.25) is 14.4 Å². The number of Topliss-reactive ketones (excluding diaryl/α,β-unsaturated/α-hetero) is 2. The molecule has 6 rings (SSSR count). The van der Waals surface area contributed by atoms with Crippen LogP contribution in [0, 0.1) is 29.6 Å². The Morgan fingerprint density at radius 2 is 1.70 bits per heavy atom. The van der Waals surface area contributed by atoms with Crippen LogP contribution in [-0.4, -0.2) is 125 Å². The number of aliphatic hydroxyl groups excluding tert-OH is 1. The summed E-state index contributed by atoms with van der Waals surface area (Å²) in [5.74, 6) is -8.02. The van der Waals surface area contributed by atoms with Crippen molar-refractivity contribution in [3.05, 3.63) is 72.0 Å². The van der Waals surface area contributed by atoms with E-state index in [1.165, 1.54) is 19.1 Å². The second-order valence-electron chi connectivity index (χ2n) is 19.8. The van der Waals surface area contributed by atoms with Crippen LogP contribution in [0.25, 0.3) is 10.9 Å². The average molecular weight is 919 g/mol. The van der Waals surface area contributed by atoms with Gasteiger partial charge in [0.1, 0.15) is 29.6 Å². The lowest BCUT2D eigenvalue weighted by Gasteiger charge is -2.47. The zero-order valence-electron chi connectivity index (χ0n) is 40.2.